The van der Waals surface area contributed by atoms with Crippen LogP contribution in [0.25, 0.3) is 10.9 Å². The van der Waals surface area contributed by atoms with Crippen molar-refractivity contribution in [3.63, 3.8) is 0 Å². The largest absolute Gasteiger partial charge is 0.375 e. The number of fused-ring (bicyclic) bond motifs is 3. The van der Waals surface area contributed by atoms with Gasteiger partial charge in [-0.3, -0.25) is 19.5 Å². The third kappa shape index (κ3) is 3.03. The van der Waals surface area contributed by atoms with Gasteiger partial charge in [0.1, 0.15) is 0 Å². The van der Waals surface area contributed by atoms with Crippen molar-refractivity contribution in [2.24, 2.45) is 0 Å². The Labute approximate surface area is 164 Å². The zero-order valence-corrected chi connectivity index (χ0v) is 16.2. The molecule has 1 aromatic heterocycles. The summed E-state index contributed by atoms with van der Waals surface area (Å²) in [6, 6.07) is 17.6. The monoisotopic (exact) mass is 373 g/mol. The average molecular weight is 373 g/mol. The highest BCUT2D eigenvalue weighted by Gasteiger charge is 2.39. The number of aromatic nitrogens is 1. The Hall–Kier alpha value is -3.21. The van der Waals surface area contributed by atoms with Gasteiger partial charge in [0.2, 0.25) is 0 Å². The third-order valence-electron chi connectivity index (χ3n) is 5.29. The highest BCUT2D eigenvalue weighted by atomic mass is 16.2. The number of benzene rings is 2. The Kier molecular flexibility index (Phi) is 4.82. The van der Waals surface area contributed by atoms with Gasteiger partial charge in [-0.05, 0) is 31.0 Å². The summed E-state index contributed by atoms with van der Waals surface area (Å²) in [7, 11) is 2.02. The summed E-state index contributed by atoms with van der Waals surface area (Å²) >= 11 is 0. The highest BCUT2D eigenvalue weighted by molar-refractivity contribution is 6.26. The van der Waals surface area contributed by atoms with Gasteiger partial charge >= 0.3 is 0 Å². The van der Waals surface area contributed by atoms with E-state index >= 15 is 0 Å². The molecule has 0 saturated carbocycles. The fourth-order valence-electron chi connectivity index (χ4n) is 3.81. The molecule has 0 N–H and O–H groups in total. The molecule has 3 aromatic rings. The summed E-state index contributed by atoms with van der Waals surface area (Å²) in [6.07, 6.45) is 1.33. The first-order valence-corrected chi connectivity index (χ1v) is 9.65. The zero-order valence-electron chi connectivity index (χ0n) is 16.2. The molecule has 5 heteroatoms. The number of nitrogens with zero attached hydrogens (tertiary/aromatic N) is 3. The number of aryl methyl sites for hydroxylation is 1. The standard InChI is InChI=1S/C23H23N3O2/c1-3-18-21-20(17-12-7-8-13-19(17)24-18)22(27)26(23(21)28)15-9-14-25(2)16-10-5-4-6-11-16/h4-8,10-13H,3,9,14-15H2,1-2H3. The lowest BCUT2D eigenvalue weighted by molar-refractivity contribution is 0.0653. The molecule has 0 atom stereocenters. The summed E-state index contributed by atoms with van der Waals surface area (Å²) in [5.41, 5.74) is 3.60. The summed E-state index contributed by atoms with van der Waals surface area (Å²) in [5, 5.41) is 0.761. The molecule has 142 valence electrons. The molecule has 0 spiro atoms. The zero-order chi connectivity index (χ0) is 19.7. The second-order valence-electron chi connectivity index (χ2n) is 7.05. The highest BCUT2D eigenvalue weighted by Crippen LogP contribution is 2.31. The maximum Gasteiger partial charge on any atom is 0.263 e. The number of hydrogen-bond acceptors (Lipinski definition) is 4. The Bertz CT molecular complexity index is 1050. The molecule has 5 nitrogen and oxygen atoms in total. The minimum absolute atomic E-state index is 0.198. The Morgan fingerprint density at radius 2 is 1.61 bits per heavy atom. The predicted molar refractivity (Wildman–Crippen MR) is 111 cm³/mol. The summed E-state index contributed by atoms with van der Waals surface area (Å²) in [6.45, 7) is 3.13. The second kappa shape index (κ2) is 7.43. The van der Waals surface area contributed by atoms with Crippen molar-refractivity contribution in [3.05, 3.63) is 71.4 Å². The van der Waals surface area contributed by atoms with E-state index in [1.807, 2.05) is 68.6 Å². The first kappa shape index (κ1) is 18.2. The molecule has 2 heterocycles. The van der Waals surface area contributed by atoms with Crippen LogP contribution >= 0.6 is 0 Å². The van der Waals surface area contributed by atoms with Crippen LogP contribution in [0.5, 0.6) is 0 Å². The van der Waals surface area contributed by atoms with Gasteiger partial charge in [-0.15, -0.1) is 0 Å². The van der Waals surface area contributed by atoms with Crippen LogP contribution < -0.4 is 4.90 Å². The molecule has 2 amide bonds. The molecular weight excluding hydrogens is 350 g/mol. The molecule has 4 rings (SSSR count). The minimum atomic E-state index is -0.211. The number of amides is 2. The van der Waals surface area contributed by atoms with Crippen LogP contribution in [0.4, 0.5) is 5.69 Å². The van der Waals surface area contributed by atoms with Crippen LogP contribution in [0, 0.1) is 0 Å². The molecular formula is C23H23N3O2. The molecule has 0 aliphatic carbocycles. The third-order valence-corrected chi connectivity index (χ3v) is 5.29. The van der Waals surface area contributed by atoms with Gasteiger partial charge in [0.25, 0.3) is 11.8 Å². The van der Waals surface area contributed by atoms with Crippen LogP contribution in [0.3, 0.4) is 0 Å². The number of carbonyl (C=O) groups is 2. The SMILES string of the molecule is CCc1nc2ccccc2c2c1C(=O)N(CCCN(C)c1ccccc1)C2=O. The molecule has 2 aromatic carbocycles. The van der Waals surface area contributed by atoms with Crippen molar-refractivity contribution in [1.29, 1.82) is 0 Å². The van der Waals surface area contributed by atoms with E-state index in [2.05, 4.69) is 9.88 Å². The molecule has 0 unspecified atom stereocenters. The Morgan fingerprint density at radius 3 is 2.36 bits per heavy atom. The number of pyridine rings is 1. The lowest BCUT2D eigenvalue weighted by atomic mass is 10.0. The molecule has 0 bridgehead atoms. The van der Waals surface area contributed by atoms with Gasteiger partial charge in [0.05, 0.1) is 22.3 Å². The van der Waals surface area contributed by atoms with Crippen molar-refractivity contribution in [3.8, 4) is 0 Å². The van der Waals surface area contributed by atoms with E-state index in [0.29, 0.717) is 36.2 Å². The van der Waals surface area contributed by atoms with Gasteiger partial charge in [0, 0.05) is 31.2 Å². The van der Waals surface area contributed by atoms with Crippen LogP contribution in [0.2, 0.25) is 0 Å². The number of carbonyl (C=O) groups excluding carboxylic acids is 2. The minimum Gasteiger partial charge on any atom is -0.375 e. The lowest BCUT2D eigenvalue weighted by Gasteiger charge is -2.21. The quantitative estimate of drug-likeness (QED) is 0.615. The van der Waals surface area contributed by atoms with E-state index in [-0.39, 0.29) is 11.8 Å². The van der Waals surface area contributed by atoms with Crippen LogP contribution in [0.15, 0.2) is 54.6 Å². The average Bonchev–Trinajstić information content (AvgIpc) is 2.99. The van der Waals surface area contributed by atoms with Gasteiger partial charge in [-0.2, -0.15) is 0 Å². The maximum atomic E-state index is 13.1. The van der Waals surface area contributed by atoms with Crippen molar-refractivity contribution in [1.82, 2.24) is 9.88 Å². The van der Waals surface area contributed by atoms with Crippen LogP contribution in [0.1, 0.15) is 39.8 Å². The molecule has 28 heavy (non-hydrogen) atoms. The number of hydrogen-bond donors (Lipinski definition) is 0. The molecule has 0 fully saturated rings. The fourth-order valence-corrected chi connectivity index (χ4v) is 3.81. The number of rotatable bonds is 6. The van der Waals surface area contributed by atoms with Crippen LogP contribution in [-0.4, -0.2) is 41.8 Å². The lowest BCUT2D eigenvalue weighted by Crippen LogP contribution is -2.33. The van der Waals surface area contributed by atoms with Crippen molar-refractivity contribution < 1.29 is 9.59 Å². The summed E-state index contributed by atoms with van der Waals surface area (Å²) in [5.74, 6) is -0.409. The van der Waals surface area contributed by atoms with E-state index in [1.165, 1.54) is 4.90 Å². The van der Waals surface area contributed by atoms with E-state index in [4.69, 9.17) is 0 Å². The molecule has 1 aliphatic heterocycles. The number of anilines is 1. The maximum absolute atomic E-state index is 13.1. The van der Waals surface area contributed by atoms with Crippen molar-refractivity contribution in [2.45, 2.75) is 19.8 Å². The number of para-hydroxylation sites is 2. The van der Waals surface area contributed by atoms with E-state index in [9.17, 15) is 9.59 Å². The predicted octanol–water partition coefficient (Wildman–Crippen LogP) is 3.92. The van der Waals surface area contributed by atoms with Crippen molar-refractivity contribution in [2.75, 3.05) is 25.0 Å². The van der Waals surface area contributed by atoms with Gasteiger partial charge in [-0.25, -0.2) is 0 Å². The molecule has 0 saturated heterocycles. The number of imide groups is 1. The topological polar surface area (TPSA) is 53.5 Å². The smallest absolute Gasteiger partial charge is 0.263 e. The van der Waals surface area contributed by atoms with Gasteiger partial charge in [-0.1, -0.05) is 43.3 Å². The Balaban J connectivity index is 1.56. The summed E-state index contributed by atoms with van der Waals surface area (Å²) < 4.78 is 0. The van der Waals surface area contributed by atoms with E-state index in [0.717, 1.165) is 23.1 Å². The fraction of sp³-hybridized carbons (Fsp3) is 0.261. The normalized spacial score (nSPS) is 13.3. The second-order valence-corrected chi connectivity index (χ2v) is 7.05. The van der Waals surface area contributed by atoms with Gasteiger partial charge < -0.3 is 4.90 Å². The van der Waals surface area contributed by atoms with E-state index in [1.54, 1.807) is 0 Å². The van der Waals surface area contributed by atoms with Gasteiger partial charge in [0.15, 0.2) is 0 Å². The van der Waals surface area contributed by atoms with E-state index < -0.39 is 0 Å². The molecule has 1 aliphatic rings. The molecule has 0 radical (unpaired) electrons. The first-order valence-electron chi connectivity index (χ1n) is 9.65. The van der Waals surface area contributed by atoms with Crippen LogP contribution in [-0.2, 0) is 6.42 Å². The van der Waals surface area contributed by atoms with Crippen molar-refractivity contribution >= 4 is 28.4 Å². The first-order chi connectivity index (χ1) is 13.6. The summed E-state index contributed by atoms with van der Waals surface area (Å²) in [4.78, 5) is 34.3. The Morgan fingerprint density at radius 1 is 0.929 bits per heavy atom.